The number of hydrogen-bond acceptors (Lipinski definition) is 5. The van der Waals surface area contributed by atoms with Crippen molar-refractivity contribution in [2.24, 2.45) is 5.73 Å². The summed E-state index contributed by atoms with van der Waals surface area (Å²) in [6, 6.07) is 9.68. The quantitative estimate of drug-likeness (QED) is 0.722. The van der Waals surface area contributed by atoms with Crippen LogP contribution in [0.25, 0.3) is 10.2 Å². The van der Waals surface area contributed by atoms with E-state index in [1.54, 1.807) is 11.5 Å². The molecule has 2 aromatic heterocycles. The zero-order valence-corrected chi connectivity index (χ0v) is 15.4. The van der Waals surface area contributed by atoms with E-state index < -0.39 is 5.91 Å². The number of carbonyl (C=O) groups excluding carboxylic acids is 2. The second kappa shape index (κ2) is 7.21. The van der Waals surface area contributed by atoms with Crippen molar-refractivity contribution in [1.82, 2.24) is 9.55 Å². The summed E-state index contributed by atoms with van der Waals surface area (Å²) in [5, 5.41) is 0.407. The Morgan fingerprint density at radius 3 is 2.54 bits per heavy atom. The fourth-order valence-corrected chi connectivity index (χ4v) is 3.95. The molecular formula is C19H19N3O3S. The topological polar surface area (TPSA) is 95.0 Å². The van der Waals surface area contributed by atoms with Gasteiger partial charge in [-0.1, -0.05) is 30.3 Å². The lowest BCUT2D eigenvalue weighted by Crippen LogP contribution is -2.26. The maximum Gasteiger partial charge on any atom is 0.262 e. The van der Waals surface area contributed by atoms with Gasteiger partial charge >= 0.3 is 0 Å². The molecule has 0 radical (unpaired) electrons. The highest BCUT2D eigenvalue weighted by atomic mass is 32.1. The minimum Gasteiger partial charge on any atom is -0.365 e. The summed E-state index contributed by atoms with van der Waals surface area (Å²) in [5.74, 6) is 0.0135. The monoisotopic (exact) mass is 369 g/mol. The fourth-order valence-electron chi connectivity index (χ4n) is 2.91. The van der Waals surface area contributed by atoms with Crippen LogP contribution in [0.2, 0.25) is 0 Å². The van der Waals surface area contributed by atoms with E-state index in [-0.39, 0.29) is 24.3 Å². The van der Waals surface area contributed by atoms with Gasteiger partial charge in [-0.2, -0.15) is 0 Å². The SMILES string of the molecule is CC(=O)CCn1c(Cc2ccccc2)nc2sc(C(N)=O)c(C)c2c1=O. The van der Waals surface area contributed by atoms with Crippen molar-refractivity contribution < 1.29 is 9.59 Å². The number of nitrogens with two attached hydrogens (primary N) is 1. The number of amides is 1. The van der Waals surface area contributed by atoms with E-state index >= 15 is 0 Å². The van der Waals surface area contributed by atoms with E-state index in [9.17, 15) is 14.4 Å². The first kappa shape index (κ1) is 18.0. The molecule has 7 heteroatoms. The van der Waals surface area contributed by atoms with Crippen LogP contribution in [0.3, 0.4) is 0 Å². The minimum atomic E-state index is -0.565. The predicted molar refractivity (Wildman–Crippen MR) is 102 cm³/mol. The molecule has 2 heterocycles. The molecule has 1 aromatic carbocycles. The van der Waals surface area contributed by atoms with E-state index in [4.69, 9.17) is 5.73 Å². The second-order valence-corrected chi connectivity index (χ2v) is 7.20. The number of carbonyl (C=O) groups is 2. The van der Waals surface area contributed by atoms with Gasteiger partial charge < -0.3 is 5.73 Å². The Kier molecular flexibility index (Phi) is 4.99. The molecule has 0 aliphatic rings. The first-order chi connectivity index (χ1) is 12.4. The Morgan fingerprint density at radius 2 is 1.92 bits per heavy atom. The number of nitrogens with zero attached hydrogens (tertiary/aromatic N) is 2. The van der Waals surface area contributed by atoms with Gasteiger partial charge in [0.25, 0.3) is 11.5 Å². The smallest absolute Gasteiger partial charge is 0.262 e. The van der Waals surface area contributed by atoms with Crippen molar-refractivity contribution in [3.05, 3.63) is 62.5 Å². The largest absolute Gasteiger partial charge is 0.365 e. The summed E-state index contributed by atoms with van der Waals surface area (Å²) in [7, 11) is 0. The molecule has 0 bridgehead atoms. The molecule has 2 N–H and O–H groups in total. The van der Waals surface area contributed by atoms with Gasteiger partial charge in [-0.05, 0) is 25.0 Å². The molecule has 1 amide bonds. The molecule has 134 valence electrons. The van der Waals surface area contributed by atoms with Gasteiger partial charge in [0.15, 0.2) is 0 Å². The first-order valence-electron chi connectivity index (χ1n) is 8.24. The lowest BCUT2D eigenvalue weighted by atomic mass is 10.1. The number of thiophene rings is 1. The molecule has 3 aromatic rings. The van der Waals surface area contributed by atoms with Crippen LogP contribution < -0.4 is 11.3 Å². The van der Waals surface area contributed by atoms with E-state index in [1.165, 1.54) is 6.92 Å². The van der Waals surface area contributed by atoms with Crippen LogP contribution in [0, 0.1) is 6.92 Å². The number of benzene rings is 1. The molecule has 6 nitrogen and oxygen atoms in total. The molecule has 0 aliphatic carbocycles. The van der Waals surface area contributed by atoms with E-state index in [0.717, 1.165) is 16.9 Å². The number of primary amides is 1. The highest BCUT2D eigenvalue weighted by Crippen LogP contribution is 2.27. The van der Waals surface area contributed by atoms with Crippen molar-refractivity contribution in [1.29, 1.82) is 0 Å². The van der Waals surface area contributed by atoms with Crippen molar-refractivity contribution >= 4 is 33.2 Å². The number of aromatic nitrogens is 2. The molecule has 0 atom stereocenters. The third-order valence-electron chi connectivity index (χ3n) is 4.25. The second-order valence-electron chi connectivity index (χ2n) is 6.20. The van der Waals surface area contributed by atoms with Gasteiger partial charge in [-0.25, -0.2) is 4.98 Å². The van der Waals surface area contributed by atoms with Crippen LogP contribution in [-0.2, 0) is 17.8 Å². The summed E-state index contributed by atoms with van der Waals surface area (Å²) in [5.41, 5.74) is 6.75. The Labute approximate surface area is 154 Å². The summed E-state index contributed by atoms with van der Waals surface area (Å²) in [6.45, 7) is 3.46. The van der Waals surface area contributed by atoms with E-state index in [0.29, 0.717) is 32.9 Å². The minimum absolute atomic E-state index is 0.00234. The Morgan fingerprint density at radius 1 is 1.23 bits per heavy atom. The van der Waals surface area contributed by atoms with Crippen LogP contribution >= 0.6 is 11.3 Å². The summed E-state index contributed by atoms with van der Waals surface area (Å²) in [4.78, 5) is 41.6. The van der Waals surface area contributed by atoms with Gasteiger partial charge in [-0.3, -0.25) is 19.0 Å². The molecule has 3 rings (SSSR count). The highest BCUT2D eigenvalue weighted by Gasteiger charge is 2.20. The third-order valence-corrected chi connectivity index (χ3v) is 5.45. The molecule has 0 spiro atoms. The van der Waals surface area contributed by atoms with Gasteiger partial charge in [0.2, 0.25) is 0 Å². The number of rotatable bonds is 6. The van der Waals surface area contributed by atoms with Crippen LogP contribution in [0.5, 0.6) is 0 Å². The maximum absolute atomic E-state index is 13.1. The van der Waals surface area contributed by atoms with Gasteiger partial charge in [0.05, 0.1) is 10.3 Å². The standard InChI is InChI=1S/C19H19N3O3S/c1-11(23)8-9-22-14(10-13-6-4-3-5-7-13)21-18-15(19(22)25)12(2)16(26-18)17(20)24/h3-7H,8-10H2,1-2H3,(H2,20,24). The first-order valence-corrected chi connectivity index (χ1v) is 9.06. The van der Waals surface area contributed by atoms with Crippen LogP contribution in [-0.4, -0.2) is 21.2 Å². The molecule has 0 aliphatic heterocycles. The molecular weight excluding hydrogens is 350 g/mol. The van der Waals surface area contributed by atoms with Gasteiger partial charge in [-0.15, -0.1) is 11.3 Å². The Balaban J connectivity index is 2.20. The number of fused-ring (bicyclic) bond motifs is 1. The summed E-state index contributed by atoms with van der Waals surface area (Å²) >= 11 is 1.14. The Hall–Kier alpha value is -2.80. The Bertz CT molecular complexity index is 1050. The normalized spacial score (nSPS) is 11.0. The zero-order valence-electron chi connectivity index (χ0n) is 14.6. The van der Waals surface area contributed by atoms with Crippen LogP contribution in [0.4, 0.5) is 0 Å². The fraction of sp³-hybridized carbons (Fsp3) is 0.263. The lowest BCUT2D eigenvalue weighted by molar-refractivity contribution is -0.117. The zero-order chi connectivity index (χ0) is 18.8. The average molecular weight is 369 g/mol. The summed E-state index contributed by atoms with van der Waals surface area (Å²) in [6.07, 6.45) is 0.716. The lowest BCUT2D eigenvalue weighted by Gasteiger charge is -2.12. The van der Waals surface area contributed by atoms with Crippen LogP contribution in [0.15, 0.2) is 35.1 Å². The molecule has 0 saturated carbocycles. The van der Waals surface area contributed by atoms with E-state index in [2.05, 4.69) is 4.98 Å². The molecule has 26 heavy (non-hydrogen) atoms. The van der Waals surface area contributed by atoms with Crippen molar-refractivity contribution in [3.63, 3.8) is 0 Å². The summed E-state index contributed by atoms with van der Waals surface area (Å²) < 4.78 is 1.54. The van der Waals surface area contributed by atoms with E-state index in [1.807, 2.05) is 30.3 Å². The number of aryl methyl sites for hydroxylation is 1. The van der Waals surface area contributed by atoms with Crippen molar-refractivity contribution in [3.8, 4) is 0 Å². The van der Waals surface area contributed by atoms with Crippen LogP contribution in [0.1, 0.15) is 40.0 Å². The van der Waals surface area contributed by atoms with Gasteiger partial charge in [0.1, 0.15) is 16.4 Å². The maximum atomic E-state index is 13.1. The average Bonchev–Trinajstić information content (AvgIpc) is 2.92. The predicted octanol–water partition coefficient (Wildman–Crippen LogP) is 2.44. The number of hydrogen-bond donors (Lipinski definition) is 1. The molecule has 0 fully saturated rings. The molecule has 0 saturated heterocycles. The number of Topliss-reactive ketones (excluding diaryl/α,β-unsaturated/α-hetero) is 1. The third kappa shape index (κ3) is 3.43. The van der Waals surface area contributed by atoms with Crippen molar-refractivity contribution in [2.45, 2.75) is 33.2 Å². The number of ketones is 1. The highest BCUT2D eigenvalue weighted by molar-refractivity contribution is 7.20. The van der Waals surface area contributed by atoms with Gasteiger partial charge in [0, 0.05) is 19.4 Å². The van der Waals surface area contributed by atoms with Crippen molar-refractivity contribution in [2.75, 3.05) is 0 Å². The molecule has 0 unspecified atom stereocenters.